The van der Waals surface area contributed by atoms with Crippen LogP contribution in [0, 0.1) is 0 Å². The van der Waals surface area contributed by atoms with Crippen LogP contribution in [0.3, 0.4) is 0 Å². The van der Waals surface area contributed by atoms with E-state index in [1.807, 2.05) is 30.3 Å². The van der Waals surface area contributed by atoms with Crippen molar-refractivity contribution in [3.63, 3.8) is 0 Å². The lowest BCUT2D eigenvalue weighted by molar-refractivity contribution is 0.201. The van der Waals surface area contributed by atoms with Crippen molar-refractivity contribution < 1.29 is 9.47 Å². The number of benzene rings is 1. The van der Waals surface area contributed by atoms with E-state index in [-0.39, 0.29) is 11.5 Å². The van der Waals surface area contributed by atoms with Crippen LogP contribution < -0.4 is 15.0 Å². The average Bonchev–Trinajstić information content (AvgIpc) is 2.80. The minimum Gasteiger partial charge on any atom is -0.497 e. The maximum absolute atomic E-state index is 12.2. The molecule has 1 aromatic carbocycles. The second kappa shape index (κ2) is 9.09. The summed E-state index contributed by atoms with van der Waals surface area (Å²) < 4.78 is 10.8. The molecule has 7 heteroatoms. The molecule has 156 valence electrons. The van der Waals surface area contributed by atoms with Crippen molar-refractivity contribution in [1.29, 1.82) is 0 Å². The largest absolute Gasteiger partial charge is 0.497 e. The van der Waals surface area contributed by atoms with Crippen molar-refractivity contribution >= 4 is 0 Å². The first kappa shape index (κ1) is 20.1. The Kier molecular flexibility index (Phi) is 6.09. The van der Waals surface area contributed by atoms with Gasteiger partial charge in [-0.15, -0.1) is 0 Å². The van der Waals surface area contributed by atoms with Crippen LogP contribution in [-0.2, 0) is 6.54 Å². The summed E-state index contributed by atoms with van der Waals surface area (Å²) in [4.78, 5) is 26.4. The summed E-state index contributed by atoms with van der Waals surface area (Å²) in [6, 6.07) is 13.2. The summed E-state index contributed by atoms with van der Waals surface area (Å²) in [5, 5.41) is 0. The number of likely N-dealkylation sites (tertiary alicyclic amines) is 1. The van der Waals surface area contributed by atoms with Crippen LogP contribution in [0.1, 0.15) is 30.0 Å². The highest BCUT2D eigenvalue weighted by Crippen LogP contribution is 2.30. The van der Waals surface area contributed by atoms with Gasteiger partial charge in [0.2, 0.25) is 0 Å². The van der Waals surface area contributed by atoms with Crippen LogP contribution in [0.4, 0.5) is 0 Å². The molecule has 0 spiro atoms. The second-order valence-electron chi connectivity index (χ2n) is 7.46. The molecule has 1 N–H and O–H groups in total. The third kappa shape index (κ3) is 4.52. The quantitative estimate of drug-likeness (QED) is 0.677. The minimum atomic E-state index is -0.133. The molecular formula is C23H26N4O3. The zero-order valence-electron chi connectivity index (χ0n) is 17.3. The maximum atomic E-state index is 12.2. The SMILES string of the molecule is COc1ccc(CN2CCC(c3cc(=O)[nH]c(-c4ccccn4)n3)CC2)c(OC)c1. The number of aromatic amines is 1. The molecule has 1 fully saturated rings. The Morgan fingerprint density at radius 3 is 2.63 bits per heavy atom. The molecule has 3 heterocycles. The summed E-state index contributed by atoms with van der Waals surface area (Å²) in [5.41, 5.74) is 2.54. The van der Waals surface area contributed by atoms with Gasteiger partial charge < -0.3 is 14.5 Å². The van der Waals surface area contributed by atoms with E-state index in [1.54, 1.807) is 26.5 Å². The van der Waals surface area contributed by atoms with E-state index in [9.17, 15) is 4.79 Å². The van der Waals surface area contributed by atoms with E-state index in [4.69, 9.17) is 14.5 Å². The molecule has 7 nitrogen and oxygen atoms in total. The molecule has 0 radical (unpaired) electrons. The van der Waals surface area contributed by atoms with Gasteiger partial charge >= 0.3 is 0 Å². The van der Waals surface area contributed by atoms with Crippen LogP contribution in [-0.4, -0.2) is 47.2 Å². The molecular weight excluding hydrogens is 380 g/mol. The molecule has 0 unspecified atom stereocenters. The molecule has 0 amide bonds. The first-order chi connectivity index (χ1) is 14.7. The number of pyridine rings is 1. The standard InChI is InChI=1S/C23H26N4O3/c1-29-18-7-6-17(21(13-18)30-2)15-27-11-8-16(9-12-27)20-14-22(28)26-23(25-20)19-5-3-4-10-24-19/h3-7,10,13-14,16H,8-9,11-12,15H2,1-2H3,(H,25,26,28). The van der Waals surface area contributed by atoms with Gasteiger partial charge in [0.05, 0.1) is 19.9 Å². The number of H-pyrrole nitrogens is 1. The van der Waals surface area contributed by atoms with E-state index in [0.29, 0.717) is 11.5 Å². The van der Waals surface area contributed by atoms with Crippen LogP contribution >= 0.6 is 0 Å². The van der Waals surface area contributed by atoms with E-state index in [1.165, 1.54) is 0 Å². The van der Waals surface area contributed by atoms with Gasteiger partial charge in [0.25, 0.3) is 5.56 Å². The highest BCUT2D eigenvalue weighted by Gasteiger charge is 2.23. The summed E-state index contributed by atoms with van der Waals surface area (Å²) in [7, 11) is 3.34. The number of methoxy groups -OCH3 is 2. The smallest absolute Gasteiger partial charge is 0.251 e. The van der Waals surface area contributed by atoms with Gasteiger partial charge in [-0.1, -0.05) is 12.1 Å². The third-order valence-electron chi connectivity index (χ3n) is 5.56. The molecule has 1 aliphatic heterocycles. The van der Waals surface area contributed by atoms with Crippen LogP contribution in [0.15, 0.2) is 53.5 Å². The molecule has 1 saturated heterocycles. The molecule has 4 rings (SSSR count). The summed E-state index contributed by atoms with van der Waals surface area (Å²) in [6.07, 6.45) is 3.61. The molecule has 30 heavy (non-hydrogen) atoms. The van der Waals surface area contributed by atoms with Gasteiger partial charge in [-0.2, -0.15) is 0 Å². The van der Waals surface area contributed by atoms with Crippen molar-refractivity contribution in [2.45, 2.75) is 25.3 Å². The van der Waals surface area contributed by atoms with Crippen molar-refractivity contribution in [3.8, 4) is 23.0 Å². The van der Waals surface area contributed by atoms with E-state index in [2.05, 4.69) is 20.9 Å². The molecule has 0 aliphatic carbocycles. The minimum absolute atomic E-state index is 0.133. The van der Waals surface area contributed by atoms with Crippen molar-refractivity contribution in [3.05, 3.63) is 70.3 Å². The van der Waals surface area contributed by atoms with Gasteiger partial charge in [-0.25, -0.2) is 4.98 Å². The Balaban J connectivity index is 1.44. The monoisotopic (exact) mass is 406 g/mol. The molecule has 0 saturated carbocycles. The van der Waals surface area contributed by atoms with Gasteiger partial charge in [0.1, 0.15) is 17.2 Å². The molecule has 0 bridgehead atoms. The van der Waals surface area contributed by atoms with E-state index in [0.717, 1.165) is 55.2 Å². The van der Waals surface area contributed by atoms with Crippen LogP contribution in [0.5, 0.6) is 11.5 Å². The predicted octanol–water partition coefficient (Wildman–Crippen LogP) is 3.23. The Bertz CT molecular complexity index is 1040. The Hall–Kier alpha value is -3.19. The maximum Gasteiger partial charge on any atom is 0.251 e. The van der Waals surface area contributed by atoms with Crippen molar-refractivity contribution in [2.75, 3.05) is 27.3 Å². The van der Waals surface area contributed by atoms with Crippen LogP contribution in [0.25, 0.3) is 11.5 Å². The fourth-order valence-electron chi connectivity index (χ4n) is 3.92. The lowest BCUT2D eigenvalue weighted by Crippen LogP contribution is -2.33. The fourth-order valence-corrected chi connectivity index (χ4v) is 3.92. The number of nitrogens with one attached hydrogen (secondary N) is 1. The topological polar surface area (TPSA) is 80.3 Å². The fraction of sp³-hybridized carbons (Fsp3) is 0.348. The van der Waals surface area contributed by atoms with Crippen molar-refractivity contribution in [1.82, 2.24) is 19.9 Å². The Morgan fingerprint density at radius 1 is 1.10 bits per heavy atom. The lowest BCUT2D eigenvalue weighted by atomic mass is 9.93. The lowest BCUT2D eigenvalue weighted by Gasteiger charge is -2.32. The van der Waals surface area contributed by atoms with Gasteiger partial charge in [0, 0.05) is 36.4 Å². The number of piperidine rings is 1. The molecule has 0 atom stereocenters. The number of rotatable bonds is 6. The highest BCUT2D eigenvalue weighted by molar-refractivity contribution is 5.48. The summed E-state index contributed by atoms with van der Waals surface area (Å²) >= 11 is 0. The first-order valence-corrected chi connectivity index (χ1v) is 10.1. The Morgan fingerprint density at radius 2 is 1.93 bits per heavy atom. The second-order valence-corrected chi connectivity index (χ2v) is 7.46. The summed E-state index contributed by atoms with van der Waals surface area (Å²) in [6.45, 7) is 2.70. The van der Waals surface area contributed by atoms with E-state index < -0.39 is 0 Å². The highest BCUT2D eigenvalue weighted by atomic mass is 16.5. The van der Waals surface area contributed by atoms with E-state index >= 15 is 0 Å². The van der Waals surface area contributed by atoms with Crippen LogP contribution in [0.2, 0.25) is 0 Å². The number of aromatic nitrogens is 3. The normalized spacial score (nSPS) is 15.1. The Labute approximate surface area is 175 Å². The molecule has 3 aromatic rings. The summed E-state index contributed by atoms with van der Waals surface area (Å²) in [5.74, 6) is 2.43. The zero-order valence-corrected chi connectivity index (χ0v) is 17.3. The average molecular weight is 406 g/mol. The van der Waals surface area contributed by atoms with Gasteiger partial charge in [-0.3, -0.25) is 14.7 Å². The number of hydrogen-bond donors (Lipinski definition) is 1. The molecule has 1 aliphatic rings. The number of ether oxygens (including phenoxy) is 2. The third-order valence-corrected chi connectivity index (χ3v) is 5.56. The van der Waals surface area contributed by atoms with Crippen molar-refractivity contribution in [2.24, 2.45) is 0 Å². The predicted molar refractivity (Wildman–Crippen MR) is 115 cm³/mol. The molecule has 2 aromatic heterocycles. The van der Waals surface area contributed by atoms with Gasteiger partial charge in [-0.05, 0) is 44.1 Å². The van der Waals surface area contributed by atoms with Gasteiger partial charge in [0.15, 0.2) is 5.82 Å². The zero-order chi connectivity index (χ0) is 20.9. The first-order valence-electron chi connectivity index (χ1n) is 10.1. The number of nitrogens with zero attached hydrogens (tertiary/aromatic N) is 3. The number of hydrogen-bond acceptors (Lipinski definition) is 6.